The predicted octanol–water partition coefficient (Wildman–Crippen LogP) is 2.95. The second kappa shape index (κ2) is 6.67. The van der Waals surface area contributed by atoms with Gasteiger partial charge in [0.2, 0.25) is 0 Å². The summed E-state index contributed by atoms with van der Waals surface area (Å²) in [4.78, 5) is 15.7. The van der Waals surface area contributed by atoms with Gasteiger partial charge in [-0.25, -0.2) is 0 Å². The Balaban J connectivity index is 2.04. The molecule has 3 rings (SSSR count). The zero-order valence-corrected chi connectivity index (χ0v) is 15.4. The number of aromatic nitrogens is 2. The average molecular weight is 396 g/mol. The SMILES string of the molecule is C=CC1=C(C(=C)Br)SCc2c(C(=O)N3CCOCC3)nn(C)c21. The van der Waals surface area contributed by atoms with Gasteiger partial charge in [-0.1, -0.05) is 35.2 Å². The lowest BCUT2D eigenvalue weighted by Crippen LogP contribution is -2.41. The number of nitrogens with zero attached hydrogens (tertiary/aromatic N) is 3. The molecule has 7 heteroatoms. The van der Waals surface area contributed by atoms with Crippen molar-refractivity contribution in [1.82, 2.24) is 14.7 Å². The standard InChI is InChI=1S/C16H18BrN3O2S/c1-4-11-14-12(9-23-15(11)10(2)17)13(18-19(14)3)16(21)20-5-7-22-8-6-20/h4H,1-2,5-9H2,3H3. The number of allylic oxidation sites excluding steroid dienone is 3. The van der Waals surface area contributed by atoms with Gasteiger partial charge in [0.1, 0.15) is 0 Å². The van der Waals surface area contributed by atoms with Crippen LogP contribution in [0.2, 0.25) is 0 Å². The maximum absolute atomic E-state index is 12.8. The summed E-state index contributed by atoms with van der Waals surface area (Å²) in [5.74, 6) is 0.682. The van der Waals surface area contributed by atoms with E-state index >= 15 is 0 Å². The minimum absolute atomic E-state index is 0.0183. The van der Waals surface area contributed by atoms with E-state index < -0.39 is 0 Å². The van der Waals surface area contributed by atoms with Crippen LogP contribution in [0.4, 0.5) is 0 Å². The molecule has 5 nitrogen and oxygen atoms in total. The Labute approximate surface area is 148 Å². The van der Waals surface area contributed by atoms with Crippen LogP contribution >= 0.6 is 27.7 Å². The molecule has 0 atom stereocenters. The fraction of sp³-hybridized carbons (Fsp3) is 0.375. The lowest BCUT2D eigenvalue weighted by molar-refractivity contribution is 0.0298. The second-order valence-electron chi connectivity index (χ2n) is 5.34. The summed E-state index contributed by atoms with van der Waals surface area (Å²) in [6.45, 7) is 10.3. The molecule has 2 aliphatic rings. The highest BCUT2D eigenvalue weighted by atomic mass is 79.9. The molecule has 0 aromatic carbocycles. The van der Waals surface area contributed by atoms with E-state index in [1.54, 1.807) is 22.5 Å². The number of thioether (sulfide) groups is 1. The van der Waals surface area contributed by atoms with Crippen LogP contribution in [0.3, 0.4) is 0 Å². The number of carbonyl (C=O) groups is 1. The third-order valence-electron chi connectivity index (χ3n) is 3.96. The Morgan fingerprint density at radius 1 is 1.43 bits per heavy atom. The summed E-state index contributed by atoms with van der Waals surface area (Å²) in [7, 11) is 1.86. The number of halogens is 1. The highest BCUT2D eigenvalue weighted by molar-refractivity contribution is 9.12. The fourth-order valence-corrected chi connectivity index (χ4v) is 4.48. The highest BCUT2D eigenvalue weighted by Crippen LogP contribution is 2.44. The molecule has 122 valence electrons. The van der Waals surface area contributed by atoms with Crippen molar-refractivity contribution in [2.75, 3.05) is 26.3 Å². The molecule has 0 spiro atoms. The van der Waals surface area contributed by atoms with Crippen molar-refractivity contribution in [3.05, 3.63) is 45.6 Å². The summed E-state index contributed by atoms with van der Waals surface area (Å²) < 4.78 is 7.92. The minimum Gasteiger partial charge on any atom is -0.378 e. The molecule has 3 heterocycles. The molecule has 1 saturated heterocycles. The Morgan fingerprint density at radius 2 is 2.13 bits per heavy atom. The number of amides is 1. The summed E-state index contributed by atoms with van der Waals surface area (Å²) >= 11 is 5.10. The molecule has 0 N–H and O–H groups in total. The number of fused-ring (bicyclic) bond motifs is 1. The van der Waals surface area contributed by atoms with Crippen LogP contribution in [0.5, 0.6) is 0 Å². The Morgan fingerprint density at radius 3 is 2.74 bits per heavy atom. The zero-order valence-electron chi connectivity index (χ0n) is 13.0. The van der Waals surface area contributed by atoms with Crippen molar-refractivity contribution in [3.63, 3.8) is 0 Å². The molecule has 1 aromatic heterocycles. The van der Waals surface area contributed by atoms with E-state index in [0.717, 1.165) is 26.2 Å². The molecule has 0 radical (unpaired) electrons. The molecular formula is C16H18BrN3O2S. The summed E-state index contributed by atoms with van der Waals surface area (Å²) in [5.41, 5.74) is 3.43. The van der Waals surface area contributed by atoms with Crippen molar-refractivity contribution in [2.24, 2.45) is 7.05 Å². The smallest absolute Gasteiger partial charge is 0.274 e. The quantitative estimate of drug-likeness (QED) is 0.789. The van der Waals surface area contributed by atoms with E-state index in [-0.39, 0.29) is 5.91 Å². The lowest BCUT2D eigenvalue weighted by atomic mass is 10.0. The van der Waals surface area contributed by atoms with E-state index in [1.165, 1.54) is 0 Å². The molecule has 1 fully saturated rings. The van der Waals surface area contributed by atoms with Crippen molar-refractivity contribution >= 4 is 39.2 Å². The first-order valence-corrected chi connectivity index (χ1v) is 9.10. The van der Waals surface area contributed by atoms with Gasteiger partial charge < -0.3 is 9.64 Å². The number of carbonyl (C=O) groups excluding carboxylic acids is 1. The van der Waals surface area contributed by atoms with Gasteiger partial charge in [-0.3, -0.25) is 9.48 Å². The topological polar surface area (TPSA) is 47.4 Å². The average Bonchev–Trinajstić information content (AvgIpc) is 2.91. The van der Waals surface area contributed by atoms with Gasteiger partial charge in [-0.15, -0.1) is 11.8 Å². The van der Waals surface area contributed by atoms with Crippen molar-refractivity contribution in [1.29, 1.82) is 0 Å². The molecule has 1 amide bonds. The Kier molecular flexibility index (Phi) is 4.79. The van der Waals surface area contributed by atoms with Crippen LogP contribution in [0, 0.1) is 0 Å². The monoisotopic (exact) mass is 395 g/mol. The molecular weight excluding hydrogens is 378 g/mol. The van der Waals surface area contributed by atoms with E-state index in [4.69, 9.17) is 4.74 Å². The molecule has 0 saturated carbocycles. The molecule has 1 aromatic rings. The van der Waals surface area contributed by atoms with Gasteiger partial charge >= 0.3 is 0 Å². The maximum atomic E-state index is 12.8. The van der Waals surface area contributed by atoms with Gasteiger partial charge in [0, 0.05) is 46.4 Å². The molecule has 0 aliphatic carbocycles. The normalized spacial score (nSPS) is 17.9. The van der Waals surface area contributed by atoms with Crippen LogP contribution in [0.25, 0.3) is 5.57 Å². The third-order valence-corrected chi connectivity index (χ3v) is 5.80. The number of morpholine rings is 1. The van der Waals surface area contributed by atoms with Gasteiger partial charge in [0.15, 0.2) is 5.69 Å². The molecule has 2 aliphatic heterocycles. The van der Waals surface area contributed by atoms with Crippen molar-refractivity contribution < 1.29 is 9.53 Å². The van der Waals surface area contributed by atoms with E-state index in [0.29, 0.717) is 37.8 Å². The predicted molar refractivity (Wildman–Crippen MR) is 96.4 cm³/mol. The Bertz CT molecular complexity index is 717. The van der Waals surface area contributed by atoms with Crippen LogP contribution in [0.15, 0.2) is 28.6 Å². The van der Waals surface area contributed by atoms with Gasteiger partial charge in [-0.05, 0) is 0 Å². The number of hydrogen-bond donors (Lipinski definition) is 0. The lowest BCUT2D eigenvalue weighted by Gasteiger charge is -2.26. The largest absolute Gasteiger partial charge is 0.378 e. The zero-order chi connectivity index (χ0) is 16.6. The molecule has 23 heavy (non-hydrogen) atoms. The third kappa shape index (κ3) is 2.93. The van der Waals surface area contributed by atoms with Crippen molar-refractivity contribution in [2.45, 2.75) is 5.75 Å². The fourth-order valence-electron chi connectivity index (χ4n) is 2.87. The first-order valence-electron chi connectivity index (χ1n) is 7.32. The van der Waals surface area contributed by atoms with Crippen LogP contribution in [0.1, 0.15) is 21.7 Å². The first kappa shape index (κ1) is 16.5. The number of ether oxygens (including phenoxy) is 1. The van der Waals surface area contributed by atoms with Gasteiger partial charge in [0.05, 0.1) is 18.9 Å². The van der Waals surface area contributed by atoms with Crippen molar-refractivity contribution in [3.8, 4) is 0 Å². The van der Waals surface area contributed by atoms with Crippen LogP contribution in [-0.2, 0) is 17.5 Å². The van der Waals surface area contributed by atoms with E-state index in [9.17, 15) is 4.79 Å². The highest BCUT2D eigenvalue weighted by Gasteiger charge is 2.31. The number of hydrogen-bond acceptors (Lipinski definition) is 4. The van der Waals surface area contributed by atoms with E-state index in [1.807, 2.05) is 11.9 Å². The van der Waals surface area contributed by atoms with E-state index in [2.05, 4.69) is 34.2 Å². The molecule has 0 unspecified atom stereocenters. The summed E-state index contributed by atoms with van der Waals surface area (Å²) in [6, 6.07) is 0. The minimum atomic E-state index is -0.0183. The van der Waals surface area contributed by atoms with Gasteiger partial charge in [-0.2, -0.15) is 5.10 Å². The molecule has 0 bridgehead atoms. The van der Waals surface area contributed by atoms with Crippen LogP contribution < -0.4 is 0 Å². The first-order chi connectivity index (χ1) is 11.0. The summed E-state index contributed by atoms with van der Waals surface area (Å²) in [5, 5.41) is 4.50. The Hall–Kier alpha value is -1.31. The number of rotatable bonds is 3. The number of aryl methyl sites for hydroxylation is 1. The summed E-state index contributed by atoms with van der Waals surface area (Å²) in [6.07, 6.45) is 1.80. The van der Waals surface area contributed by atoms with Crippen LogP contribution in [-0.4, -0.2) is 46.9 Å². The van der Waals surface area contributed by atoms with Gasteiger partial charge in [0.25, 0.3) is 5.91 Å². The maximum Gasteiger partial charge on any atom is 0.274 e. The second-order valence-corrected chi connectivity index (χ2v) is 7.29.